The minimum absolute atomic E-state index is 0.243. The molecule has 2 aromatic rings. The van der Waals surface area contributed by atoms with Gasteiger partial charge in [-0.15, -0.1) is 0 Å². The number of methoxy groups -OCH3 is 2. The molecule has 1 fully saturated rings. The summed E-state index contributed by atoms with van der Waals surface area (Å²) in [5, 5.41) is 13.2. The molecule has 4 rings (SSSR count). The molecule has 2 aliphatic rings. The molecule has 1 aliphatic heterocycles. The molecule has 2 bridgehead atoms. The summed E-state index contributed by atoms with van der Waals surface area (Å²) in [5.74, 6) is 1.36. The predicted molar refractivity (Wildman–Crippen MR) is 127 cm³/mol. The van der Waals surface area contributed by atoms with Crippen LogP contribution in [-0.2, 0) is 27.5 Å². The van der Waals surface area contributed by atoms with Crippen molar-refractivity contribution < 1.29 is 28.9 Å². The number of fused-ring (bicyclic) bond motifs is 2. The molecule has 1 N–H and O–H groups in total. The van der Waals surface area contributed by atoms with E-state index < -0.39 is 11.6 Å². The van der Waals surface area contributed by atoms with Gasteiger partial charge in [-0.05, 0) is 60.7 Å². The zero-order chi connectivity index (χ0) is 24.0. The van der Waals surface area contributed by atoms with Crippen molar-refractivity contribution in [3.8, 4) is 11.5 Å². The molecule has 7 nitrogen and oxygen atoms in total. The van der Waals surface area contributed by atoms with E-state index in [0.717, 1.165) is 35.5 Å². The second-order valence-corrected chi connectivity index (χ2v) is 8.83. The first kappa shape index (κ1) is 24.4. The minimum atomic E-state index is -1.44. The molecule has 0 saturated carbocycles. The van der Waals surface area contributed by atoms with Gasteiger partial charge in [0.2, 0.25) is 0 Å². The van der Waals surface area contributed by atoms with Crippen molar-refractivity contribution in [3.05, 3.63) is 71.8 Å². The van der Waals surface area contributed by atoms with Gasteiger partial charge >= 0.3 is 0 Å². The Morgan fingerprint density at radius 3 is 2.29 bits per heavy atom. The topological polar surface area (TPSA) is 77.5 Å². The van der Waals surface area contributed by atoms with E-state index >= 15 is 0 Å². The number of benzene rings is 2. The average Bonchev–Trinajstić information content (AvgIpc) is 2.86. The molecule has 1 saturated heterocycles. The fourth-order valence-electron chi connectivity index (χ4n) is 4.57. The number of aliphatic hydroxyl groups is 1. The Morgan fingerprint density at radius 2 is 1.65 bits per heavy atom. The van der Waals surface area contributed by atoms with Gasteiger partial charge in [-0.3, -0.25) is 9.63 Å². The molecule has 3 atom stereocenters. The summed E-state index contributed by atoms with van der Waals surface area (Å²) in [5.41, 5.74) is 0.675. The third kappa shape index (κ3) is 5.67. The smallest absolute Gasteiger partial charge is 0.188 e. The number of ether oxygens (including phenoxy) is 3. The van der Waals surface area contributed by atoms with Gasteiger partial charge in [-0.25, -0.2) is 0 Å². The van der Waals surface area contributed by atoms with Gasteiger partial charge in [0.15, 0.2) is 5.78 Å². The number of carbonyl (C=O) groups excluding carboxylic acids is 1. The summed E-state index contributed by atoms with van der Waals surface area (Å²) < 4.78 is 16.2. The Balaban J connectivity index is 1.33. The van der Waals surface area contributed by atoms with Crippen molar-refractivity contribution in [2.24, 2.45) is 0 Å². The van der Waals surface area contributed by atoms with Crippen molar-refractivity contribution in [2.75, 3.05) is 20.8 Å². The molecule has 0 unspecified atom stereocenters. The number of hydrogen-bond acceptors (Lipinski definition) is 7. The predicted octanol–water partition coefficient (Wildman–Crippen LogP) is 3.84. The van der Waals surface area contributed by atoms with Crippen molar-refractivity contribution >= 4 is 5.78 Å². The van der Waals surface area contributed by atoms with Gasteiger partial charge in [0.1, 0.15) is 23.2 Å². The van der Waals surface area contributed by atoms with E-state index in [2.05, 4.69) is 0 Å². The first-order chi connectivity index (χ1) is 16.5. The fraction of sp³-hybridized carbons (Fsp3) is 0.444. The highest BCUT2D eigenvalue weighted by Crippen LogP contribution is 2.38. The zero-order valence-electron chi connectivity index (χ0n) is 19.8. The van der Waals surface area contributed by atoms with E-state index in [1.807, 2.05) is 48.5 Å². The maximum Gasteiger partial charge on any atom is 0.188 e. The van der Waals surface area contributed by atoms with Crippen molar-refractivity contribution in [1.29, 1.82) is 0 Å². The molecule has 34 heavy (non-hydrogen) atoms. The largest absolute Gasteiger partial charge is 0.497 e. The van der Waals surface area contributed by atoms with E-state index in [1.54, 1.807) is 25.4 Å². The highest BCUT2D eigenvalue weighted by atomic mass is 16.7. The van der Waals surface area contributed by atoms with Crippen LogP contribution >= 0.6 is 0 Å². The fourth-order valence-corrected chi connectivity index (χ4v) is 4.57. The van der Waals surface area contributed by atoms with E-state index in [1.165, 1.54) is 6.08 Å². The van der Waals surface area contributed by atoms with Gasteiger partial charge in [0.25, 0.3) is 0 Å². The van der Waals surface area contributed by atoms with Crippen LogP contribution in [0.3, 0.4) is 0 Å². The van der Waals surface area contributed by atoms with E-state index in [0.29, 0.717) is 32.6 Å². The van der Waals surface area contributed by atoms with Crippen LogP contribution in [-0.4, -0.2) is 54.5 Å². The molecule has 0 aromatic heterocycles. The number of rotatable bonds is 11. The Kier molecular flexibility index (Phi) is 8.00. The molecule has 7 heteroatoms. The molecule has 0 radical (unpaired) electrons. The Morgan fingerprint density at radius 1 is 1.00 bits per heavy atom. The molecular formula is C27H33NO6. The second kappa shape index (κ2) is 11.1. The van der Waals surface area contributed by atoms with Crippen LogP contribution in [0.4, 0.5) is 0 Å². The molecule has 1 aliphatic carbocycles. The number of ketones is 1. The van der Waals surface area contributed by atoms with Crippen LogP contribution in [0.15, 0.2) is 60.7 Å². The Bertz CT molecular complexity index is 974. The van der Waals surface area contributed by atoms with Crippen molar-refractivity contribution in [2.45, 2.75) is 56.6 Å². The van der Waals surface area contributed by atoms with Crippen LogP contribution < -0.4 is 9.47 Å². The SMILES string of the molecule is COc1ccc(COCCCC[C@H]2N(Cc3ccc(OC)cc3)O[C@H]3C=CC(=O)[C@]2(O)C3)cc1. The average molecular weight is 468 g/mol. The number of unbranched alkanes of at least 4 members (excludes halogenated alkanes) is 1. The lowest BCUT2D eigenvalue weighted by atomic mass is 9.77. The van der Waals surface area contributed by atoms with E-state index in [-0.39, 0.29) is 11.9 Å². The van der Waals surface area contributed by atoms with Gasteiger partial charge in [0, 0.05) is 19.6 Å². The minimum Gasteiger partial charge on any atom is -0.497 e. The standard InChI is InChI=1S/C27H33NO6/c1-31-22-10-6-20(7-11-22)18-28-25(27(30)17-24(34-28)14-15-26(27)29)5-3-4-16-33-19-21-8-12-23(32-2)13-9-21/h6-15,24-25,30H,3-5,16-19H2,1-2H3/t24-,25+,27-/m0/s1. The number of hydroxylamine groups is 2. The first-order valence-corrected chi connectivity index (χ1v) is 11.7. The highest BCUT2D eigenvalue weighted by Gasteiger charge is 2.52. The zero-order valence-corrected chi connectivity index (χ0v) is 19.8. The maximum atomic E-state index is 12.7. The van der Waals surface area contributed by atoms with Gasteiger partial charge in [-0.2, -0.15) is 5.06 Å². The van der Waals surface area contributed by atoms with Gasteiger partial charge in [-0.1, -0.05) is 30.3 Å². The summed E-state index contributed by atoms with van der Waals surface area (Å²) in [6.45, 7) is 1.62. The number of nitrogens with zero attached hydrogens (tertiary/aromatic N) is 1. The third-order valence-electron chi connectivity index (χ3n) is 6.51. The summed E-state index contributed by atoms with van der Waals surface area (Å²) in [4.78, 5) is 18.8. The maximum absolute atomic E-state index is 12.7. The molecule has 0 spiro atoms. The van der Waals surface area contributed by atoms with Crippen LogP contribution in [0.5, 0.6) is 11.5 Å². The van der Waals surface area contributed by atoms with Crippen LogP contribution in [0, 0.1) is 0 Å². The van der Waals surface area contributed by atoms with Crippen LogP contribution in [0.2, 0.25) is 0 Å². The summed E-state index contributed by atoms with van der Waals surface area (Å²) in [7, 11) is 3.28. The normalized spacial score (nSPS) is 24.3. The summed E-state index contributed by atoms with van der Waals surface area (Å²) in [6.07, 6.45) is 5.45. The number of hydrogen-bond donors (Lipinski definition) is 1. The van der Waals surface area contributed by atoms with Crippen LogP contribution in [0.1, 0.15) is 36.8 Å². The lowest BCUT2D eigenvalue weighted by Gasteiger charge is -2.49. The summed E-state index contributed by atoms with van der Waals surface area (Å²) in [6, 6.07) is 15.1. The van der Waals surface area contributed by atoms with Crippen molar-refractivity contribution in [3.63, 3.8) is 0 Å². The Labute approximate surface area is 200 Å². The van der Waals surface area contributed by atoms with Gasteiger partial charge in [0.05, 0.1) is 26.9 Å². The molecule has 0 amide bonds. The first-order valence-electron chi connectivity index (χ1n) is 11.7. The lowest BCUT2D eigenvalue weighted by Crippen LogP contribution is -2.64. The third-order valence-corrected chi connectivity index (χ3v) is 6.51. The summed E-state index contributed by atoms with van der Waals surface area (Å²) >= 11 is 0. The van der Waals surface area contributed by atoms with Crippen LogP contribution in [0.25, 0.3) is 0 Å². The molecular weight excluding hydrogens is 434 g/mol. The van der Waals surface area contributed by atoms with E-state index in [4.69, 9.17) is 19.0 Å². The Hall–Kier alpha value is -2.71. The highest BCUT2D eigenvalue weighted by molar-refractivity contribution is 5.98. The second-order valence-electron chi connectivity index (χ2n) is 8.83. The van der Waals surface area contributed by atoms with Gasteiger partial charge < -0.3 is 19.3 Å². The monoisotopic (exact) mass is 467 g/mol. The number of carbonyl (C=O) groups is 1. The molecule has 2 aromatic carbocycles. The quantitative estimate of drug-likeness (QED) is 0.503. The van der Waals surface area contributed by atoms with Crippen molar-refractivity contribution in [1.82, 2.24) is 5.06 Å². The van der Waals surface area contributed by atoms with E-state index in [9.17, 15) is 9.90 Å². The molecule has 182 valence electrons. The molecule has 1 heterocycles. The lowest BCUT2D eigenvalue weighted by molar-refractivity contribution is -0.290.